The zero-order valence-corrected chi connectivity index (χ0v) is 11.5. The summed E-state index contributed by atoms with van der Waals surface area (Å²) in [6.45, 7) is 1.85. The maximum atomic E-state index is 8.70. The summed E-state index contributed by atoms with van der Waals surface area (Å²) >= 11 is 3.26. The van der Waals surface area contributed by atoms with Crippen LogP contribution in [0.2, 0.25) is 0 Å². The van der Waals surface area contributed by atoms with Crippen molar-refractivity contribution in [3.63, 3.8) is 0 Å². The lowest BCUT2D eigenvalue weighted by molar-refractivity contribution is 0.350. The fourth-order valence-electron chi connectivity index (χ4n) is 1.32. The number of thioether (sulfide) groups is 1. The maximum absolute atomic E-state index is 8.70. The van der Waals surface area contributed by atoms with Crippen molar-refractivity contribution in [1.82, 2.24) is 9.97 Å². The molecule has 0 unspecified atom stereocenters. The van der Waals surface area contributed by atoms with Crippen LogP contribution in [0.1, 0.15) is 16.1 Å². The molecule has 1 N–H and O–H groups in total. The predicted octanol–water partition coefficient (Wildman–Crippen LogP) is 2.48. The first kappa shape index (κ1) is 13.1. The Balaban J connectivity index is 2.04. The van der Waals surface area contributed by atoms with Crippen molar-refractivity contribution in [2.24, 2.45) is 0 Å². The standard InChI is InChI=1S/C13H12N2OS2/c1-10-4-6-14-13(15-10)18-9-12-11(3-2-7-16)5-8-17-12/h4-6,8,16H,7,9H2,1H3. The van der Waals surface area contributed by atoms with E-state index in [2.05, 4.69) is 21.8 Å². The molecule has 2 heterocycles. The summed E-state index contributed by atoms with van der Waals surface area (Å²) in [6.07, 6.45) is 1.77. The minimum atomic E-state index is -0.108. The third-order valence-corrected chi connectivity index (χ3v) is 4.14. The molecular formula is C13H12N2OS2. The van der Waals surface area contributed by atoms with Crippen molar-refractivity contribution in [2.75, 3.05) is 6.61 Å². The van der Waals surface area contributed by atoms with Gasteiger partial charge in [-0.25, -0.2) is 9.97 Å². The molecule has 0 aromatic carbocycles. The second kappa shape index (κ2) is 6.55. The summed E-state index contributed by atoms with van der Waals surface area (Å²) in [6, 6.07) is 3.85. The second-order valence-corrected chi connectivity index (χ2v) is 5.43. The molecule has 2 aromatic rings. The van der Waals surface area contributed by atoms with Crippen molar-refractivity contribution in [3.05, 3.63) is 39.8 Å². The molecule has 92 valence electrons. The third-order valence-electron chi connectivity index (χ3n) is 2.15. The molecule has 18 heavy (non-hydrogen) atoms. The summed E-state index contributed by atoms with van der Waals surface area (Å²) in [5.41, 5.74) is 1.95. The van der Waals surface area contributed by atoms with Gasteiger partial charge in [-0.05, 0) is 24.4 Å². The first-order valence-electron chi connectivity index (χ1n) is 5.38. The first-order valence-corrected chi connectivity index (χ1v) is 7.24. The Morgan fingerprint density at radius 2 is 2.33 bits per heavy atom. The summed E-state index contributed by atoms with van der Waals surface area (Å²) in [7, 11) is 0. The molecule has 0 amide bonds. The highest BCUT2D eigenvalue weighted by Crippen LogP contribution is 2.25. The Kier molecular flexibility index (Phi) is 4.76. The molecule has 2 rings (SSSR count). The van der Waals surface area contributed by atoms with E-state index in [-0.39, 0.29) is 6.61 Å². The fourth-order valence-corrected chi connectivity index (χ4v) is 3.15. The lowest BCUT2D eigenvalue weighted by Gasteiger charge is -1.99. The van der Waals surface area contributed by atoms with E-state index in [1.165, 1.54) is 4.88 Å². The number of aliphatic hydroxyl groups is 1. The number of nitrogens with zero attached hydrogens (tertiary/aromatic N) is 2. The molecule has 0 aliphatic rings. The number of aryl methyl sites for hydroxylation is 1. The lowest BCUT2D eigenvalue weighted by Crippen LogP contribution is -1.89. The van der Waals surface area contributed by atoms with Gasteiger partial charge in [0, 0.05) is 28.1 Å². The number of rotatable bonds is 3. The highest BCUT2D eigenvalue weighted by atomic mass is 32.2. The van der Waals surface area contributed by atoms with Gasteiger partial charge < -0.3 is 5.11 Å². The van der Waals surface area contributed by atoms with E-state index in [4.69, 9.17) is 5.11 Å². The van der Waals surface area contributed by atoms with E-state index >= 15 is 0 Å². The van der Waals surface area contributed by atoms with Gasteiger partial charge in [0.05, 0.1) is 0 Å². The van der Waals surface area contributed by atoms with Crippen molar-refractivity contribution < 1.29 is 5.11 Å². The van der Waals surface area contributed by atoms with Crippen molar-refractivity contribution >= 4 is 23.1 Å². The molecule has 5 heteroatoms. The van der Waals surface area contributed by atoms with Gasteiger partial charge in [-0.1, -0.05) is 23.6 Å². The molecule has 0 aliphatic carbocycles. The SMILES string of the molecule is Cc1ccnc(SCc2sccc2C#CCO)n1. The Morgan fingerprint density at radius 3 is 3.11 bits per heavy atom. The van der Waals surface area contributed by atoms with Gasteiger partial charge in [0.15, 0.2) is 5.16 Å². The summed E-state index contributed by atoms with van der Waals surface area (Å²) in [5.74, 6) is 6.42. The largest absolute Gasteiger partial charge is 0.384 e. The molecule has 0 atom stereocenters. The molecular weight excluding hydrogens is 264 g/mol. The number of thiophene rings is 1. The van der Waals surface area contributed by atoms with Crippen LogP contribution in [0.3, 0.4) is 0 Å². The molecule has 0 aliphatic heterocycles. The first-order chi connectivity index (χ1) is 8.79. The predicted molar refractivity (Wildman–Crippen MR) is 74.6 cm³/mol. The summed E-state index contributed by atoms with van der Waals surface area (Å²) in [5, 5.41) is 11.5. The van der Waals surface area contributed by atoms with Gasteiger partial charge in [-0.15, -0.1) is 11.3 Å². The van der Waals surface area contributed by atoms with Crippen molar-refractivity contribution in [3.8, 4) is 11.8 Å². The van der Waals surface area contributed by atoms with E-state index in [1.54, 1.807) is 29.3 Å². The molecule has 2 aromatic heterocycles. The van der Waals surface area contributed by atoms with Crippen LogP contribution in [0, 0.1) is 18.8 Å². The van der Waals surface area contributed by atoms with E-state index in [0.717, 1.165) is 22.2 Å². The van der Waals surface area contributed by atoms with Gasteiger partial charge in [0.25, 0.3) is 0 Å². The van der Waals surface area contributed by atoms with Crippen molar-refractivity contribution in [1.29, 1.82) is 0 Å². The second-order valence-electron chi connectivity index (χ2n) is 3.49. The maximum Gasteiger partial charge on any atom is 0.188 e. The van der Waals surface area contributed by atoms with Crippen LogP contribution in [0.5, 0.6) is 0 Å². The average molecular weight is 276 g/mol. The van der Waals surface area contributed by atoms with Crippen molar-refractivity contribution in [2.45, 2.75) is 17.8 Å². The average Bonchev–Trinajstić information content (AvgIpc) is 2.81. The van der Waals surface area contributed by atoms with Crippen LogP contribution < -0.4 is 0 Å². The van der Waals surface area contributed by atoms with Gasteiger partial charge in [-0.3, -0.25) is 0 Å². The van der Waals surface area contributed by atoms with Gasteiger partial charge in [0.2, 0.25) is 0 Å². The molecule has 0 saturated heterocycles. The van der Waals surface area contributed by atoms with Crippen LogP contribution in [-0.4, -0.2) is 21.7 Å². The van der Waals surface area contributed by atoms with Crippen LogP contribution in [0.25, 0.3) is 0 Å². The minimum absolute atomic E-state index is 0.108. The van der Waals surface area contributed by atoms with E-state index in [9.17, 15) is 0 Å². The van der Waals surface area contributed by atoms with E-state index in [0.29, 0.717) is 0 Å². The number of hydrogen-bond acceptors (Lipinski definition) is 5. The monoisotopic (exact) mass is 276 g/mol. The van der Waals surface area contributed by atoms with Crippen LogP contribution in [0.4, 0.5) is 0 Å². The highest BCUT2D eigenvalue weighted by Gasteiger charge is 2.04. The lowest BCUT2D eigenvalue weighted by atomic mass is 10.3. The Bertz CT molecular complexity index is 584. The van der Waals surface area contributed by atoms with Gasteiger partial charge >= 0.3 is 0 Å². The Hall–Kier alpha value is -1.35. The molecule has 0 spiro atoms. The van der Waals surface area contributed by atoms with E-state index < -0.39 is 0 Å². The number of aliphatic hydroxyl groups excluding tert-OH is 1. The minimum Gasteiger partial charge on any atom is -0.384 e. The summed E-state index contributed by atoms with van der Waals surface area (Å²) < 4.78 is 0. The number of aromatic nitrogens is 2. The zero-order valence-electron chi connectivity index (χ0n) is 9.88. The smallest absolute Gasteiger partial charge is 0.188 e. The van der Waals surface area contributed by atoms with Gasteiger partial charge in [0.1, 0.15) is 6.61 Å². The quantitative estimate of drug-likeness (QED) is 0.531. The van der Waals surface area contributed by atoms with Crippen LogP contribution >= 0.6 is 23.1 Å². The normalized spacial score (nSPS) is 9.89. The molecule has 0 radical (unpaired) electrons. The Labute approximate surface area is 114 Å². The topological polar surface area (TPSA) is 46.0 Å². The number of hydrogen-bond donors (Lipinski definition) is 1. The third kappa shape index (κ3) is 3.57. The Morgan fingerprint density at radius 1 is 1.44 bits per heavy atom. The zero-order chi connectivity index (χ0) is 12.8. The van der Waals surface area contributed by atoms with Crippen LogP contribution in [-0.2, 0) is 5.75 Å². The molecule has 0 fully saturated rings. The van der Waals surface area contributed by atoms with E-state index in [1.807, 2.05) is 24.4 Å². The molecule has 3 nitrogen and oxygen atoms in total. The molecule has 0 bridgehead atoms. The van der Waals surface area contributed by atoms with Gasteiger partial charge in [-0.2, -0.15) is 0 Å². The highest BCUT2D eigenvalue weighted by molar-refractivity contribution is 7.98. The van der Waals surface area contributed by atoms with Crippen LogP contribution in [0.15, 0.2) is 28.9 Å². The molecule has 0 saturated carbocycles. The summed E-state index contributed by atoms with van der Waals surface area (Å²) in [4.78, 5) is 9.74. The fraction of sp³-hybridized carbons (Fsp3) is 0.231.